The fraction of sp³-hybridized carbons (Fsp3) is 0.238. The summed E-state index contributed by atoms with van der Waals surface area (Å²) in [5.74, 6) is -0.0179. The Kier molecular flexibility index (Phi) is 8.11. The highest BCUT2D eigenvalue weighted by atomic mass is 79.9. The molecule has 1 heterocycles. The second-order valence-electron chi connectivity index (χ2n) is 7.14. The average molecular weight is 560 g/mol. The molecule has 1 unspecified atom stereocenters. The topological polar surface area (TPSA) is 113 Å². The van der Waals surface area contributed by atoms with Crippen molar-refractivity contribution in [1.82, 2.24) is 20.0 Å². The van der Waals surface area contributed by atoms with Crippen molar-refractivity contribution in [2.75, 3.05) is 13.7 Å². The Morgan fingerprint density at radius 1 is 1.27 bits per heavy atom. The highest BCUT2D eigenvalue weighted by molar-refractivity contribution is 9.10. The molecule has 12 heteroatoms. The van der Waals surface area contributed by atoms with Gasteiger partial charge in [0, 0.05) is 29.9 Å². The molecule has 1 amide bonds. The third kappa shape index (κ3) is 6.32. The number of hydrogen-bond acceptors (Lipinski definition) is 5. The van der Waals surface area contributed by atoms with Crippen LogP contribution in [0.5, 0.6) is 0 Å². The standard InChI is InChI=1S/C21H21BrClFN4O4S/c1-12(7-8-25-21(29)32-2)28-33(30,31)19-10-14(4-6-16(19)23)20-26-11-18(27-20)13-3-5-15(22)17(24)9-13/h3-6,9-12,28H,7-8H2,1-2H3,(H,25,29)(H,26,27). The average Bonchev–Trinajstić information content (AvgIpc) is 3.25. The van der Waals surface area contributed by atoms with Crippen LogP contribution in [0.2, 0.25) is 5.02 Å². The van der Waals surface area contributed by atoms with Crippen LogP contribution in [0.4, 0.5) is 9.18 Å². The molecule has 0 spiro atoms. The molecule has 3 rings (SSSR count). The highest BCUT2D eigenvalue weighted by Gasteiger charge is 2.22. The number of aromatic amines is 1. The van der Waals surface area contributed by atoms with E-state index in [1.54, 1.807) is 31.3 Å². The summed E-state index contributed by atoms with van der Waals surface area (Å²) < 4.78 is 47.1. The minimum Gasteiger partial charge on any atom is -0.453 e. The summed E-state index contributed by atoms with van der Waals surface area (Å²) in [4.78, 5) is 18.4. The molecule has 0 aliphatic heterocycles. The Morgan fingerprint density at radius 2 is 2.00 bits per heavy atom. The Hall–Kier alpha value is -2.47. The number of methoxy groups -OCH3 is 1. The molecule has 0 saturated heterocycles. The summed E-state index contributed by atoms with van der Waals surface area (Å²) >= 11 is 9.30. The van der Waals surface area contributed by atoms with Crippen LogP contribution in [0.25, 0.3) is 22.6 Å². The van der Waals surface area contributed by atoms with Crippen molar-refractivity contribution >= 4 is 43.6 Å². The number of ether oxygens (including phenoxy) is 1. The van der Waals surface area contributed by atoms with Crippen molar-refractivity contribution < 1.29 is 22.3 Å². The molecule has 0 fully saturated rings. The van der Waals surface area contributed by atoms with Gasteiger partial charge >= 0.3 is 6.09 Å². The van der Waals surface area contributed by atoms with Gasteiger partial charge in [-0.05, 0) is 59.6 Å². The minimum absolute atomic E-state index is 0.0490. The summed E-state index contributed by atoms with van der Waals surface area (Å²) in [6, 6.07) is 8.68. The second kappa shape index (κ2) is 10.6. The first-order valence-electron chi connectivity index (χ1n) is 9.75. The molecule has 1 atom stereocenters. The maximum atomic E-state index is 13.9. The van der Waals surface area contributed by atoms with Crippen LogP contribution in [-0.4, -0.2) is 44.2 Å². The van der Waals surface area contributed by atoms with Crippen LogP contribution in [0.15, 0.2) is 52.0 Å². The smallest absolute Gasteiger partial charge is 0.406 e. The van der Waals surface area contributed by atoms with Crippen LogP contribution < -0.4 is 10.0 Å². The molecule has 0 bridgehead atoms. The van der Waals surface area contributed by atoms with E-state index in [4.69, 9.17) is 11.6 Å². The number of halogens is 3. The minimum atomic E-state index is -3.96. The molecule has 33 heavy (non-hydrogen) atoms. The SMILES string of the molecule is COC(=O)NCCC(C)NS(=O)(=O)c1cc(-c2nc(-c3ccc(Br)c(F)c3)c[nH]2)ccc1Cl. The zero-order valence-corrected chi connectivity index (χ0v) is 20.8. The lowest BCUT2D eigenvalue weighted by atomic mass is 10.2. The Bertz CT molecular complexity index is 1270. The van der Waals surface area contributed by atoms with Gasteiger partial charge in [0.25, 0.3) is 0 Å². The number of sulfonamides is 1. The van der Waals surface area contributed by atoms with E-state index < -0.39 is 28.0 Å². The van der Waals surface area contributed by atoms with Crippen molar-refractivity contribution in [2.24, 2.45) is 0 Å². The number of nitrogens with one attached hydrogen (secondary N) is 3. The van der Waals surface area contributed by atoms with Gasteiger partial charge in [0.15, 0.2) is 0 Å². The summed E-state index contributed by atoms with van der Waals surface area (Å²) in [5.41, 5.74) is 1.56. The summed E-state index contributed by atoms with van der Waals surface area (Å²) in [7, 11) is -2.71. The molecule has 8 nitrogen and oxygen atoms in total. The van der Waals surface area contributed by atoms with Crippen molar-refractivity contribution in [3.8, 4) is 22.6 Å². The lowest BCUT2D eigenvalue weighted by molar-refractivity contribution is 0.170. The fourth-order valence-electron chi connectivity index (χ4n) is 2.98. The monoisotopic (exact) mass is 558 g/mol. The van der Waals surface area contributed by atoms with Gasteiger partial charge in [-0.25, -0.2) is 27.3 Å². The lowest BCUT2D eigenvalue weighted by Crippen LogP contribution is -2.36. The molecule has 1 aromatic heterocycles. The zero-order chi connectivity index (χ0) is 24.2. The molecule has 3 N–H and O–H groups in total. The number of alkyl carbamates (subject to hydrolysis) is 1. The second-order valence-corrected chi connectivity index (χ2v) is 10.1. The number of aromatic nitrogens is 2. The Balaban J connectivity index is 1.80. The van der Waals surface area contributed by atoms with E-state index in [1.807, 2.05) is 0 Å². The third-order valence-electron chi connectivity index (χ3n) is 4.68. The van der Waals surface area contributed by atoms with Crippen LogP contribution in [0.3, 0.4) is 0 Å². The van der Waals surface area contributed by atoms with Crippen molar-refractivity contribution in [3.63, 3.8) is 0 Å². The third-order valence-corrected chi connectivity index (χ3v) is 7.39. The first-order chi connectivity index (χ1) is 15.6. The first kappa shape index (κ1) is 25.2. The number of nitrogens with zero attached hydrogens (tertiary/aromatic N) is 1. The largest absolute Gasteiger partial charge is 0.453 e. The number of imidazole rings is 1. The number of hydrogen-bond donors (Lipinski definition) is 3. The van der Waals surface area contributed by atoms with Gasteiger partial charge in [-0.2, -0.15) is 0 Å². The van der Waals surface area contributed by atoms with E-state index >= 15 is 0 Å². The maximum absolute atomic E-state index is 13.9. The summed E-state index contributed by atoms with van der Waals surface area (Å²) in [6.07, 6.45) is 1.36. The van der Waals surface area contributed by atoms with Crippen molar-refractivity contribution in [1.29, 1.82) is 0 Å². The van der Waals surface area contributed by atoms with Crippen LogP contribution in [0.1, 0.15) is 13.3 Å². The molecular weight excluding hydrogens is 539 g/mol. The van der Waals surface area contributed by atoms with Gasteiger partial charge in [-0.15, -0.1) is 0 Å². The van der Waals surface area contributed by atoms with Crippen LogP contribution in [-0.2, 0) is 14.8 Å². The van der Waals surface area contributed by atoms with Crippen LogP contribution >= 0.6 is 27.5 Å². The van der Waals surface area contributed by atoms with E-state index in [-0.39, 0.29) is 16.5 Å². The van der Waals surface area contributed by atoms with Gasteiger partial charge in [0.1, 0.15) is 16.5 Å². The highest BCUT2D eigenvalue weighted by Crippen LogP contribution is 2.29. The first-order valence-corrected chi connectivity index (χ1v) is 12.4. The number of H-pyrrole nitrogens is 1. The molecular formula is C21H21BrClFN4O4S. The Morgan fingerprint density at radius 3 is 2.70 bits per heavy atom. The van der Waals surface area contributed by atoms with Crippen molar-refractivity contribution in [3.05, 3.63) is 57.9 Å². The molecule has 0 saturated carbocycles. The quantitative estimate of drug-likeness (QED) is 0.370. The number of rotatable bonds is 8. The fourth-order valence-corrected chi connectivity index (χ4v) is 5.03. The number of benzene rings is 2. The predicted octanol–water partition coefficient (Wildman–Crippen LogP) is 4.71. The van der Waals surface area contributed by atoms with E-state index in [0.29, 0.717) is 33.5 Å². The van der Waals surface area contributed by atoms with Gasteiger partial charge in [-0.1, -0.05) is 17.7 Å². The molecule has 3 aromatic rings. The van der Waals surface area contributed by atoms with Crippen molar-refractivity contribution in [2.45, 2.75) is 24.3 Å². The van der Waals surface area contributed by atoms with Gasteiger partial charge < -0.3 is 15.0 Å². The van der Waals surface area contributed by atoms with Gasteiger partial charge in [0.05, 0.1) is 22.3 Å². The number of amides is 1. The number of carbonyl (C=O) groups is 1. The van der Waals surface area contributed by atoms with E-state index in [2.05, 4.69) is 40.7 Å². The molecule has 176 valence electrons. The van der Waals surface area contributed by atoms with E-state index in [1.165, 1.54) is 25.3 Å². The molecule has 0 aliphatic carbocycles. The Labute approximate surface area is 204 Å². The van der Waals surface area contributed by atoms with Crippen LogP contribution in [0, 0.1) is 5.82 Å². The zero-order valence-electron chi connectivity index (χ0n) is 17.7. The number of carbonyl (C=O) groups excluding carboxylic acids is 1. The molecule has 0 aliphatic rings. The summed E-state index contributed by atoms with van der Waals surface area (Å²) in [5, 5.41) is 2.54. The summed E-state index contributed by atoms with van der Waals surface area (Å²) in [6.45, 7) is 1.90. The van der Waals surface area contributed by atoms with E-state index in [9.17, 15) is 17.6 Å². The van der Waals surface area contributed by atoms with Gasteiger partial charge in [0.2, 0.25) is 10.0 Å². The molecule has 0 radical (unpaired) electrons. The molecule has 2 aromatic carbocycles. The van der Waals surface area contributed by atoms with Gasteiger partial charge in [-0.3, -0.25) is 0 Å². The predicted molar refractivity (Wildman–Crippen MR) is 127 cm³/mol. The normalized spacial score (nSPS) is 12.4. The maximum Gasteiger partial charge on any atom is 0.406 e. The van der Waals surface area contributed by atoms with E-state index in [0.717, 1.165) is 0 Å². The lowest BCUT2D eigenvalue weighted by Gasteiger charge is -2.15.